The van der Waals surface area contributed by atoms with Crippen LogP contribution in [0.4, 0.5) is 0 Å². The van der Waals surface area contributed by atoms with Crippen LogP contribution in [-0.2, 0) is 11.2 Å². The molecular weight excluding hydrogens is 464 g/mol. The number of aliphatic hydroxyl groups excluding tert-OH is 1. The summed E-state index contributed by atoms with van der Waals surface area (Å²) in [5.74, 6) is 1.41. The summed E-state index contributed by atoms with van der Waals surface area (Å²) < 4.78 is 1.17. The van der Waals surface area contributed by atoms with E-state index >= 15 is 0 Å². The maximum absolute atomic E-state index is 11.9. The molecule has 0 radical (unpaired) electrons. The number of carbonyl (C=O) groups is 1. The fourth-order valence-corrected chi connectivity index (χ4v) is 5.87. The van der Waals surface area contributed by atoms with Gasteiger partial charge in [0.25, 0.3) is 0 Å². The highest BCUT2D eigenvalue weighted by atomic mass is 79.9. The van der Waals surface area contributed by atoms with Crippen molar-refractivity contribution >= 4 is 33.4 Å². The molecule has 1 aromatic rings. The second-order valence-electron chi connectivity index (χ2n) is 9.03. The Morgan fingerprint density at radius 1 is 1.17 bits per heavy atom. The molecule has 1 saturated carbocycles. The van der Waals surface area contributed by atoms with Crippen LogP contribution in [-0.4, -0.2) is 59.6 Å². The molecule has 1 heterocycles. The number of halogens is 2. The minimum absolute atomic E-state index is 0.117. The van der Waals surface area contributed by atoms with Crippen molar-refractivity contribution in [3.63, 3.8) is 0 Å². The number of hydrogen-bond donors (Lipinski definition) is 1. The molecule has 2 fully saturated rings. The van der Waals surface area contributed by atoms with Gasteiger partial charge in [-0.05, 0) is 114 Å². The van der Waals surface area contributed by atoms with Crippen LogP contribution in [0, 0.1) is 11.8 Å². The molecule has 2 aliphatic rings. The molecule has 3 rings (SSSR count). The second-order valence-corrected chi connectivity index (χ2v) is 10.3. The predicted molar refractivity (Wildman–Crippen MR) is 127 cm³/mol. The summed E-state index contributed by atoms with van der Waals surface area (Å²) in [6, 6.07) is 6.42. The van der Waals surface area contributed by atoms with Gasteiger partial charge in [0, 0.05) is 22.1 Å². The van der Waals surface area contributed by atoms with Crippen molar-refractivity contribution in [1.29, 1.82) is 0 Å². The van der Waals surface area contributed by atoms with Crippen LogP contribution in [0.2, 0.25) is 5.02 Å². The molecule has 1 saturated heterocycles. The summed E-state index contributed by atoms with van der Waals surface area (Å²) in [6.45, 7) is 5.96. The van der Waals surface area contributed by atoms with E-state index in [1.807, 2.05) is 17.9 Å². The molecule has 1 aliphatic carbocycles. The number of amides is 1. The molecule has 1 aromatic carbocycles. The van der Waals surface area contributed by atoms with Gasteiger partial charge >= 0.3 is 0 Å². The van der Waals surface area contributed by atoms with Crippen LogP contribution >= 0.6 is 27.5 Å². The normalized spacial score (nSPS) is 23.5. The summed E-state index contributed by atoms with van der Waals surface area (Å²) in [5.41, 5.74) is 1.33. The summed E-state index contributed by atoms with van der Waals surface area (Å²) >= 11 is 9.83. The van der Waals surface area contributed by atoms with Crippen molar-refractivity contribution in [1.82, 2.24) is 9.80 Å². The van der Waals surface area contributed by atoms with Gasteiger partial charge in [-0.2, -0.15) is 0 Å². The van der Waals surface area contributed by atoms with Gasteiger partial charge in [-0.3, -0.25) is 4.79 Å². The van der Waals surface area contributed by atoms with Crippen molar-refractivity contribution in [3.05, 3.63) is 33.3 Å². The lowest BCUT2D eigenvalue weighted by molar-refractivity contribution is -0.137. The minimum atomic E-state index is -0.363. The molecule has 0 bridgehead atoms. The zero-order valence-electron chi connectivity index (χ0n) is 18.2. The molecule has 4 nitrogen and oxygen atoms in total. The first-order valence-corrected chi connectivity index (χ1v) is 12.7. The molecule has 168 valence electrons. The SMILES string of the molecule is CCN(C(=O)CO)[C@H]1CC[C@H](CCN2CCC(Cc3cc(Cl)ccc3Br)CC2)CC1. The molecule has 0 atom stereocenters. The fraction of sp³-hybridized carbons (Fsp3) is 0.708. The third-order valence-corrected chi connectivity index (χ3v) is 8.14. The number of rotatable bonds is 8. The Kier molecular flexibility index (Phi) is 9.49. The van der Waals surface area contributed by atoms with Crippen LogP contribution in [0.5, 0.6) is 0 Å². The van der Waals surface area contributed by atoms with Crippen molar-refractivity contribution in [3.8, 4) is 0 Å². The van der Waals surface area contributed by atoms with Crippen LogP contribution in [0.1, 0.15) is 57.4 Å². The average molecular weight is 500 g/mol. The lowest BCUT2D eigenvalue weighted by Gasteiger charge is -2.37. The van der Waals surface area contributed by atoms with E-state index in [-0.39, 0.29) is 12.5 Å². The van der Waals surface area contributed by atoms with Crippen molar-refractivity contribution in [2.75, 3.05) is 32.8 Å². The molecule has 30 heavy (non-hydrogen) atoms. The topological polar surface area (TPSA) is 43.8 Å². The summed E-state index contributed by atoms with van der Waals surface area (Å²) in [4.78, 5) is 16.4. The van der Waals surface area contributed by atoms with Crippen molar-refractivity contribution < 1.29 is 9.90 Å². The van der Waals surface area contributed by atoms with E-state index in [1.54, 1.807) is 0 Å². The zero-order valence-corrected chi connectivity index (χ0v) is 20.5. The van der Waals surface area contributed by atoms with E-state index in [0.717, 1.165) is 36.1 Å². The third-order valence-electron chi connectivity index (χ3n) is 7.13. The van der Waals surface area contributed by atoms with Crippen molar-refractivity contribution in [2.24, 2.45) is 11.8 Å². The van der Waals surface area contributed by atoms with E-state index in [4.69, 9.17) is 16.7 Å². The Morgan fingerprint density at radius 2 is 1.87 bits per heavy atom. The van der Waals surface area contributed by atoms with Crippen LogP contribution in [0.3, 0.4) is 0 Å². The number of piperidine rings is 1. The highest BCUT2D eigenvalue weighted by Crippen LogP contribution is 2.31. The van der Waals surface area contributed by atoms with Gasteiger partial charge in [0.05, 0.1) is 0 Å². The van der Waals surface area contributed by atoms with E-state index in [2.05, 4.69) is 33.0 Å². The molecule has 1 N–H and O–H groups in total. The molecule has 1 amide bonds. The van der Waals surface area contributed by atoms with E-state index in [9.17, 15) is 4.79 Å². The highest BCUT2D eigenvalue weighted by molar-refractivity contribution is 9.10. The minimum Gasteiger partial charge on any atom is -0.387 e. The lowest BCUT2D eigenvalue weighted by Crippen LogP contribution is -2.43. The number of likely N-dealkylation sites (N-methyl/N-ethyl adjacent to an activating group) is 1. The standard InChI is InChI=1S/C24H36BrClN2O2/c1-2-28(24(30)17-29)22-6-3-18(4-7-22)9-12-27-13-10-19(11-14-27)15-20-16-21(26)5-8-23(20)25/h5,8,16,18-19,22,29H,2-4,6-7,9-15,17H2,1H3/t18-,22-. The molecule has 0 spiro atoms. The first-order chi connectivity index (χ1) is 14.5. The first-order valence-electron chi connectivity index (χ1n) is 11.6. The molecular formula is C24H36BrClN2O2. The zero-order chi connectivity index (χ0) is 21.5. The van der Waals surface area contributed by atoms with Crippen molar-refractivity contribution in [2.45, 2.75) is 64.3 Å². The third kappa shape index (κ3) is 6.69. The molecule has 6 heteroatoms. The first kappa shape index (κ1) is 24.0. The summed E-state index contributed by atoms with van der Waals surface area (Å²) in [6.07, 6.45) is 9.50. The van der Waals surface area contributed by atoms with Gasteiger partial charge in [-0.15, -0.1) is 0 Å². The van der Waals surface area contributed by atoms with E-state index in [1.165, 1.54) is 61.8 Å². The van der Waals surface area contributed by atoms with Crippen LogP contribution in [0.25, 0.3) is 0 Å². The lowest BCUT2D eigenvalue weighted by atomic mass is 9.83. The Bertz CT molecular complexity index is 686. The van der Waals surface area contributed by atoms with Gasteiger partial charge in [0.1, 0.15) is 6.61 Å². The largest absolute Gasteiger partial charge is 0.387 e. The number of nitrogens with zero attached hydrogens (tertiary/aromatic N) is 2. The summed E-state index contributed by atoms with van der Waals surface area (Å²) in [7, 11) is 0. The predicted octanol–water partition coefficient (Wildman–Crippen LogP) is 5.15. The number of likely N-dealkylation sites (tertiary alicyclic amines) is 1. The maximum atomic E-state index is 11.9. The highest BCUT2D eigenvalue weighted by Gasteiger charge is 2.28. The average Bonchev–Trinajstić information content (AvgIpc) is 2.77. The number of benzene rings is 1. The van der Waals surface area contributed by atoms with Crippen LogP contribution in [0.15, 0.2) is 22.7 Å². The molecule has 0 aromatic heterocycles. The maximum Gasteiger partial charge on any atom is 0.248 e. The second kappa shape index (κ2) is 11.8. The number of hydrogen-bond acceptors (Lipinski definition) is 3. The Balaban J connectivity index is 1.35. The Hall–Kier alpha value is -0.620. The molecule has 0 unspecified atom stereocenters. The van der Waals surface area contributed by atoms with Gasteiger partial charge in [0.2, 0.25) is 5.91 Å². The van der Waals surface area contributed by atoms with Gasteiger partial charge in [-0.25, -0.2) is 0 Å². The quantitative estimate of drug-likeness (QED) is 0.538. The van der Waals surface area contributed by atoms with E-state index < -0.39 is 0 Å². The Labute approximate surface area is 195 Å². The molecule has 1 aliphatic heterocycles. The summed E-state index contributed by atoms with van der Waals surface area (Å²) in [5, 5.41) is 9.99. The van der Waals surface area contributed by atoms with Gasteiger partial charge in [-0.1, -0.05) is 27.5 Å². The fourth-order valence-electron chi connectivity index (χ4n) is 5.26. The van der Waals surface area contributed by atoms with Gasteiger partial charge in [0.15, 0.2) is 0 Å². The monoisotopic (exact) mass is 498 g/mol. The van der Waals surface area contributed by atoms with Crippen LogP contribution < -0.4 is 0 Å². The van der Waals surface area contributed by atoms with Gasteiger partial charge < -0.3 is 14.9 Å². The van der Waals surface area contributed by atoms with E-state index in [0.29, 0.717) is 12.6 Å². The number of aliphatic hydroxyl groups is 1. The smallest absolute Gasteiger partial charge is 0.248 e. The number of carbonyl (C=O) groups excluding carboxylic acids is 1. The Morgan fingerprint density at radius 3 is 2.50 bits per heavy atom.